The van der Waals surface area contributed by atoms with Crippen molar-refractivity contribution in [1.29, 1.82) is 0 Å². The number of carbonyl (C=O) groups is 1. The van der Waals surface area contributed by atoms with Crippen LogP contribution in [-0.4, -0.2) is 29.8 Å². The monoisotopic (exact) mass is 211 g/mol. The molecule has 1 atom stereocenters. The van der Waals surface area contributed by atoms with Gasteiger partial charge in [-0.15, -0.1) is 0 Å². The number of carbonyl (C=O) groups excluding carboxylic acids is 1. The van der Waals surface area contributed by atoms with Gasteiger partial charge in [0.15, 0.2) is 5.82 Å². The molecule has 1 saturated heterocycles. The van der Waals surface area contributed by atoms with Gasteiger partial charge < -0.3 is 20.3 Å². The molecule has 2 rings (SSSR count). The third-order valence-corrected chi connectivity index (χ3v) is 2.37. The summed E-state index contributed by atoms with van der Waals surface area (Å²) in [6, 6.07) is 1.64. The summed E-state index contributed by atoms with van der Waals surface area (Å²) in [4.78, 5) is 11.7. The predicted molar refractivity (Wildman–Crippen MR) is 52.2 cm³/mol. The van der Waals surface area contributed by atoms with Crippen LogP contribution in [0.3, 0.4) is 0 Å². The van der Waals surface area contributed by atoms with Crippen molar-refractivity contribution >= 4 is 11.7 Å². The molecule has 0 aromatic carbocycles. The Hall–Kier alpha value is -1.40. The summed E-state index contributed by atoms with van der Waals surface area (Å²) < 4.78 is 9.92. The molecular weight excluding hydrogens is 198 g/mol. The second-order valence-electron chi connectivity index (χ2n) is 3.74. The number of anilines is 1. The number of hydrogen-bond donors (Lipinski definition) is 2. The fourth-order valence-electron chi connectivity index (χ4n) is 1.43. The highest BCUT2D eigenvalue weighted by Crippen LogP contribution is 2.18. The van der Waals surface area contributed by atoms with Crippen molar-refractivity contribution in [2.75, 3.05) is 18.5 Å². The molecule has 2 heterocycles. The minimum Gasteiger partial charge on any atom is -0.379 e. The maximum Gasteiger partial charge on any atom is 0.248 e. The van der Waals surface area contributed by atoms with Crippen molar-refractivity contribution in [2.45, 2.75) is 18.9 Å². The Bertz CT molecular complexity index is 368. The maximum atomic E-state index is 11.7. The number of rotatable bonds is 2. The van der Waals surface area contributed by atoms with E-state index in [9.17, 15) is 4.79 Å². The van der Waals surface area contributed by atoms with E-state index in [1.54, 1.807) is 13.0 Å². The zero-order valence-electron chi connectivity index (χ0n) is 8.45. The molecule has 6 nitrogen and oxygen atoms in total. The van der Waals surface area contributed by atoms with Crippen LogP contribution in [0.5, 0.6) is 0 Å². The Morgan fingerprint density at radius 2 is 2.53 bits per heavy atom. The van der Waals surface area contributed by atoms with E-state index in [1.165, 1.54) is 0 Å². The summed E-state index contributed by atoms with van der Waals surface area (Å²) in [6.07, 6.45) is 0.523. The lowest BCUT2D eigenvalue weighted by Gasteiger charge is -2.19. The van der Waals surface area contributed by atoms with Gasteiger partial charge in [0.2, 0.25) is 5.91 Å². The molecule has 3 N–H and O–H groups in total. The second kappa shape index (κ2) is 3.63. The Morgan fingerprint density at radius 3 is 3.07 bits per heavy atom. The first-order chi connectivity index (χ1) is 7.10. The van der Waals surface area contributed by atoms with E-state index in [0.29, 0.717) is 24.6 Å². The fraction of sp³-hybridized carbons (Fsp3) is 0.556. The van der Waals surface area contributed by atoms with Gasteiger partial charge in [0.25, 0.3) is 0 Å². The Kier molecular flexibility index (Phi) is 2.45. The van der Waals surface area contributed by atoms with Gasteiger partial charge in [-0.3, -0.25) is 4.79 Å². The van der Waals surface area contributed by atoms with Gasteiger partial charge in [-0.05, 0) is 13.3 Å². The molecule has 0 spiro atoms. The van der Waals surface area contributed by atoms with Gasteiger partial charge in [-0.2, -0.15) is 0 Å². The lowest BCUT2D eigenvalue weighted by atomic mass is 9.99. The average Bonchev–Trinajstić information content (AvgIpc) is 2.76. The molecule has 82 valence electrons. The van der Waals surface area contributed by atoms with E-state index < -0.39 is 5.54 Å². The van der Waals surface area contributed by atoms with Crippen LogP contribution in [0.15, 0.2) is 10.6 Å². The van der Waals surface area contributed by atoms with Crippen molar-refractivity contribution in [2.24, 2.45) is 5.73 Å². The molecule has 1 aromatic rings. The van der Waals surface area contributed by atoms with Crippen LogP contribution in [-0.2, 0) is 9.53 Å². The second-order valence-corrected chi connectivity index (χ2v) is 3.74. The number of nitrogens with zero attached hydrogens (tertiary/aromatic N) is 1. The predicted octanol–water partition coefficient (Wildman–Crippen LogP) is 0.0393. The molecule has 1 unspecified atom stereocenters. The summed E-state index contributed by atoms with van der Waals surface area (Å²) in [6.45, 7) is 2.51. The molecule has 1 aliphatic heterocycles. The molecular formula is C9H13N3O3. The van der Waals surface area contributed by atoms with E-state index in [4.69, 9.17) is 15.0 Å². The SMILES string of the molecule is Cc1cc(NC(=O)C2(N)CCOC2)no1. The van der Waals surface area contributed by atoms with Crippen molar-refractivity contribution < 1.29 is 14.1 Å². The van der Waals surface area contributed by atoms with E-state index in [2.05, 4.69) is 10.5 Å². The van der Waals surface area contributed by atoms with Crippen molar-refractivity contribution in [3.8, 4) is 0 Å². The molecule has 0 saturated carbocycles. The topological polar surface area (TPSA) is 90.4 Å². The van der Waals surface area contributed by atoms with Crippen LogP contribution in [0.4, 0.5) is 5.82 Å². The van der Waals surface area contributed by atoms with E-state index in [0.717, 1.165) is 0 Å². The lowest BCUT2D eigenvalue weighted by molar-refractivity contribution is -0.121. The highest BCUT2D eigenvalue weighted by Gasteiger charge is 2.38. The van der Waals surface area contributed by atoms with Gasteiger partial charge in [0.1, 0.15) is 11.3 Å². The summed E-state index contributed by atoms with van der Waals surface area (Å²) in [5.74, 6) is 0.738. The maximum absolute atomic E-state index is 11.7. The summed E-state index contributed by atoms with van der Waals surface area (Å²) in [7, 11) is 0. The largest absolute Gasteiger partial charge is 0.379 e. The number of hydrogen-bond acceptors (Lipinski definition) is 5. The van der Waals surface area contributed by atoms with Crippen LogP contribution in [0.25, 0.3) is 0 Å². The molecule has 6 heteroatoms. The quantitative estimate of drug-likeness (QED) is 0.720. The number of nitrogens with two attached hydrogens (primary N) is 1. The Labute approximate surface area is 86.7 Å². The minimum absolute atomic E-state index is 0.246. The number of amides is 1. The van der Waals surface area contributed by atoms with Crippen LogP contribution in [0.2, 0.25) is 0 Å². The third-order valence-electron chi connectivity index (χ3n) is 2.37. The highest BCUT2D eigenvalue weighted by atomic mass is 16.5. The number of aromatic nitrogens is 1. The summed E-state index contributed by atoms with van der Waals surface area (Å²) in [5.41, 5.74) is 4.92. The van der Waals surface area contributed by atoms with Gasteiger partial charge in [0, 0.05) is 12.7 Å². The first-order valence-corrected chi connectivity index (χ1v) is 4.71. The Balaban J connectivity index is 2.03. The van der Waals surface area contributed by atoms with Crippen LogP contribution >= 0.6 is 0 Å². The molecule has 0 radical (unpaired) electrons. The molecule has 0 bridgehead atoms. The Morgan fingerprint density at radius 1 is 1.73 bits per heavy atom. The summed E-state index contributed by atoms with van der Waals surface area (Å²) >= 11 is 0. The normalized spacial score (nSPS) is 25.5. The molecule has 15 heavy (non-hydrogen) atoms. The van der Waals surface area contributed by atoms with Crippen LogP contribution in [0, 0.1) is 6.92 Å². The molecule has 0 aliphatic carbocycles. The first-order valence-electron chi connectivity index (χ1n) is 4.71. The fourth-order valence-corrected chi connectivity index (χ4v) is 1.43. The van der Waals surface area contributed by atoms with Gasteiger partial charge in [0.05, 0.1) is 6.61 Å². The van der Waals surface area contributed by atoms with Gasteiger partial charge in [-0.25, -0.2) is 0 Å². The van der Waals surface area contributed by atoms with Gasteiger partial charge >= 0.3 is 0 Å². The lowest BCUT2D eigenvalue weighted by Crippen LogP contribution is -2.51. The van der Waals surface area contributed by atoms with E-state index in [-0.39, 0.29) is 12.5 Å². The zero-order chi connectivity index (χ0) is 10.9. The number of aryl methyl sites for hydroxylation is 1. The standard InChI is InChI=1S/C9H13N3O3/c1-6-4-7(12-15-6)11-8(13)9(10)2-3-14-5-9/h4H,2-3,5,10H2,1H3,(H,11,12,13). The molecule has 1 aliphatic rings. The highest BCUT2D eigenvalue weighted by molar-refractivity contribution is 5.97. The van der Waals surface area contributed by atoms with E-state index >= 15 is 0 Å². The van der Waals surface area contributed by atoms with Crippen LogP contribution < -0.4 is 11.1 Å². The third kappa shape index (κ3) is 2.00. The zero-order valence-corrected chi connectivity index (χ0v) is 8.45. The molecule has 1 aromatic heterocycles. The van der Waals surface area contributed by atoms with Crippen LogP contribution in [0.1, 0.15) is 12.2 Å². The molecule has 1 amide bonds. The summed E-state index contributed by atoms with van der Waals surface area (Å²) in [5, 5.41) is 6.25. The van der Waals surface area contributed by atoms with Crippen molar-refractivity contribution in [1.82, 2.24) is 5.16 Å². The molecule has 1 fully saturated rings. The van der Waals surface area contributed by atoms with Crippen molar-refractivity contribution in [3.05, 3.63) is 11.8 Å². The first kappa shape index (κ1) is 10.1. The van der Waals surface area contributed by atoms with Crippen molar-refractivity contribution in [3.63, 3.8) is 0 Å². The number of nitrogens with one attached hydrogen (secondary N) is 1. The van der Waals surface area contributed by atoms with E-state index in [1.807, 2.05) is 0 Å². The minimum atomic E-state index is -0.938. The average molecular weight is 211 g/mol. The van der Waals surface area contributed by atoms with Gasteiger partial charge in [-0.1, -0.05) is 5.16 Å². The number of ether oxygens (including phenoxy) is 1. The smallest absolute Gasteiger partial charge is 0.248 e.